The Labute approximate surface area is 123 Å². The Bertz CT molecular complexity index is 450. The lowest BCUT2D eigenvalue weighted by atomic mass is 9.88. The first-order chi connectivity index (χ1) is 9.22. The number of anilines is 1. The lowest BCUT2D eigenvalue weighted by molar-refractivity contribution is 0.00861. The highest BCUT2D eigenvalue weighted by molar-refractivity contribution is 5.48. The van der Waals surface area contributed by atoms with Gasteiger partial charge in [-0.2, -0.15) is 0 Å². The van der Waals surface area contributed by atoms with Crippen LogP contribution in [-0.2, 0) is 4.74 Å². The van der Waals surface area contributed by atoms with Crippen molar-refractivity contribution in [3.8, 4) is 0 Å². The van der Waals surface area contributed by atoms with Crippen molar-refractivity contribution in [3.05, 3.63) is 17.1 Å². The van der Waals surface area contributed by atoms with Gasteiger partial charge in [-0.15, -0.1) is 0 Å². The smallest absolute Gasteiger partial charge is 0.160 e. The molecule has 0 aliphatic heterocycles. The minimum absolute atomic E-state index is 0.0377. The van der Waals surface area contributed by atoms with Crippen LogP contribution in [0.25, 0.3) is 0 Å². The van der Waals surface area contributed by atoms with E-state index >= 15 is 0 Å². The molecule has 0 bridgehead atoms. The molecule has 114 valence electrons. The third kappa shape index (κ3) is 3.69. The summed E-state index contributed by atoms with van der Waals surface area (Å²) in [5, 5.41) is 3.36. The van der Waals surface area contributed by atoms with Gasteiger partial charge in [0.25, 0.3) is 0 Å². The van der Waals surface area contributed by atoms with Crippen molar-refractivity contribution < 1.29 is 4.74 Å². The van der Waals surface area contributed by atoms with Crippen LogP contribution in [0.1, 0.15) is 70.6 Å². The highest BCUT2D eigenvalue weighted by Gasteiger charge is 2.30. The normalized spacial score (nSPS) is 13.7. The standard InChI is InChI=1S/C16H29N3O/c1-9-17-14-12(10(2)3)11(4)18-15(19-14)13(20-8)16(5,6)7/h10,13H,9H2,1-8H3,(H,17,18,19). The third-order valence-electron chi connectivity index (χ3n) is 3.33. The zero-order chi connectivity index (χ0) is 15.5. The number of hydrogen-bond acceptors (Lipinski definition) is 4. The van der Waals surface area contributed by atoms with Gasteiger partial charge < -0.3 is 10.1 Å². The van der Waals surface area contributed by atoms with Crippen LogP contribution in [0.4, 0.5) is 5.82 Å². The number of hydrogen-bond donors (Lipinski definition) is 1. The van der Waals surface area contributed by atoms with E-state index in [1.54, 1.807) is 7.11 Å². The fourth-order valence-corrected chi connectivity index (χ4v) is 2.56. The predicted molar refractivity (Wildman–Crippen MR) is 84.2 cm³/mol. The second-order valence-electron chi connectivity index (χ2n) is 6.60. The molecule has 0 radical (unpaired) electrons. The van der Waals surface area contributed by atoms with E-state index in [-0.39, 0.29) is 11.5 Å². The van der Waals surface area contributed by atoms with Gasteiger partial charge in [0.2, 0.25) is 0 Å². The Balaban J connectivity index is 3.37. The molecular weight excluding hydrogens is 250 g/mol. The minimum atomic E-state index is -0.111. The van der Waals surface area contributed by atoms with Crippen molar-refractivity contribution in [1.29, 1.82) is 0 Å². The summed E-state index contributed by atoms with van der Waals surface area (Å²) in [6, 6.07) is 0. The summed E-state index contributed by atoms with van der Waals surface area (Å²) in [5.41, 5.74) is 2.19. The quantitative estimate of drug-likeness (QED) is 0.882. The van der Waals surface area contributed by atoms with Gasteiger partial charge in [-0.1, -0.05) is 34.6 Å². The Kier molecular flexibility index (Phi) is 5.51. The number of aromatic nitrogens is 2. The van der Waals surface area contributed by atoms with Crippen LogP contribution >= 0.6 is 0 Å². The van der Waals surface area contributed by atoms with Crippen LogP contribution in [-0.4, -0.2) is 23.6 Å². The van der Waals surface area contributed by atoms with Crippen LogP contribution in [0.2, 0.25) is 0 Å². The molecule has 1 heterocycles. The maximum absolute atomic E-state index is 5.64. The predicted octanol–water partition coefficient (Wildman–Crippen LogP) is 4.07. The first kappa shape index (κ1) is 16.9. The van der Waals surface area contributed by atoms with Gasteiger partial charge in [0.1, 0.15) is 11.9 Å². The summed E-state index contributed by atoms with van der Waals surface area (Å²) >= 11 is 0. The molecule has 0 aromatic carbocycles. The molecule has 0 saturated heterocycles. The van der Waals surface area contributed by atoms with Crippen molar-refractivity contribution in [3.63, 3.8) is 0 Å². The lowest BCUT2D eigenvalue weighted by Crippen LogP contribution is -2.24. The van der Waals surface area contributed by atoms with Gasteiger partial charge in [0.05, 0.1) is 0 Å². The van der Waals surface area contributed by atoms with Gasteiger partial charge in [-0.3, -0.25) is 0 Å². The maximum Gasteiger partial charge on any atom is 0.160 e. The molecule has 0 fully saturated rings. The Morgan fingerprint density at radius 3 is 2.20 bits per heavy atom. The van der Waals surface area contributed by atoms with Gasteiger partial charge in [0.15, 0.2) is 5.82 Å². The van der Waals surface area contributed by atoms with Crippen molar-refractivity contribution in [1.82, 2.24) is 9.97 Å². The van der Waals surface area contributed by atoms with Crippen LogP contribution in [0.15, 0.2) is 0 Å². The Hall–Kier alpha value is -1.16. The monoisotopic (exact) mass is 279 g/mol. The molecule has 0 spiro atoms. The van der Waals surface area contributed by atoms with Crippen LogP contribution in [0, 0.1) is 12.3 Å². The second-order valence-corrected chi connectivity index (χ2v) is 6.60. The summed E-state index contributed by atoms with van der Waals surface area (Å²) < 4.78 is 5.64. The highest BCUT2D eigenvalue weighted by Crippen LogP contribution is 2.35. The van der Waals surface area contributed by atoms with E-state index in [0.717, 1.165) is 23.9 Å². The molecule has 1 rings (SSSR count). The van der Waals surface area contributed by atoms with E-state index in [2.05, 4.69) is 53.8 Å². The van der Waals surface area contributed by atoms with E-state index in [0.29, 0.717) is 5.92 Å². The number of nitrogens with one attached hydrogen (secondary N) is 1. The van der Waals surface area contributed by atoms with Crippen molar-refractivity contribution in [2.45, 2.75) is 60.5 Å². The minimum Gasteiger partial charge on any atom is -0.373 e. The molecule has 0 aliphatic rings. The largest absolute Gasteiger partial charge is 0.373 e. The molecule has 1 atom stereocenters. The Morgan fingerprint density at radius 2 is 1.80 bits per heavy atom. The molecule has 1 aromatic heterocycles. The fourth-order valence-electron chi connectivity index (χ4n) is 2.56. The first-order valence-electron chi connectivity index (χ1n) is 7.37. The molecule has 0 aliphatic carbocycles. The van der Waals surface area contributed by atoms with Crippen LogP contribution < -0.4 is 5.32 Å². The first-order valence-corrected chi connectivity index (χ1v) is 7.37. The molecule has 1 N–H and O–H groups in total. The van der Waals surface area contributed by atoms with E-state index in [4.69, 9.17) is 14.7 Å². The molecule has 0 amide bonds. The highest BCUT2D eigenvalue weighted by atomic mass is 16.5. The zero-order valence-corrected chi connectivity index (χ0v) is 14.2. The zero-order valence-electron chi connectivity index (χ0n) is 14.2. The Morgan fingerprint density at radius 1 is 1.20 bits per heavy atom. The lowest BCUT2D eigenvalue weighted by Gasteiger charge is -2.29. The van der Waals surface area contributed by atoms with Gasteiger partial charge in [-0.25, -0.2) is 9.97 Å². The second kappa shape index (κ2) is 6.53. The molecule has 4 nitrogen and oxygen atoms in total. The summed E-state index contributed by atoms with van der Waals surface area (Å²) in [5.74, 6) is 2.10. The summed E-state index contributed by atoms with van der Waals surface area (Å²) in [6.45, 7) is 15.8. The molecular formula is C16H29N3O. The van der Waals surface area contributed by atoms with Gasteiger partial charge in [-0.05, 0) is 25.2 Å². The summed E-state index contributed by atoms with van der Waals surface area (Å²) in [4.78, 5) is 9.43. The number of aryl methyl sites for hydroxylation is 1. The molecule has 20 heavy (non-hydrogen) atoms. The fraction of sp³-hybridized carbons (Fsp3) is 0.750. The number of methoxy groups -OCH3 is 1. The average molecular weight is 279 g/mol. The summed E-state index contributed by atoms with van der Waals surface area (Å²) in [6.07, 6.45) is -0.111. The molecule has 1 unspecified atom stereocenters. The summed E-state index contributed by atoms with van der Waals surface area (Å²) in [7, 11) is 1.72. The van der Waals surface area contributed by atoms with Crippen LogP contribution in [0.3, 0.4) is 0 Å². The SMILES string of the molecule is CCNc1nc(C(OC)C(C)(C)C)nc(C)c1C(C)C. The number of rotatable bonds is 5. The van der Waals surface area contributed by atoms with Crippen LogP contribution in [0.5, 0.6) is 0 Å². The van der Waals surface area contributed by atoms with E-state index < -0.39 is 0 Å². The molecule has 1 aromatic rings. The maximum atomic E-state index is 5.64. The molecule has 4 heteroatoms. The van der Waals surface area contributed by atoms with Gasteiger partial charge in [0, 0.05) is 24.9 Å². The number of nitrogens with zero attached hydrogens (tertiary/aromatic N) is 2. The number of ether oxygens (including phenoxy) is 1. The van der Waals surface area contributed by atoms with Gasteiger partial charge >= 0.3 is 0 Å². The van der Waals surface area contributed by atoms with Crippen molar-refractivity contribution >= 4 is 5.82 Å². The topological polar surface area (TPSA) is 47.0 Å². The van der Waals surface area contributed by atoms with E-state index in [1.165, 1.54) is 5.56 Å². The van der Waals surface area contributed by atoms with Crippen molar-refractivity contribution in [2.24, 2.45) is 5.41 Å². The average Bonchev–Trinajstić information content (AvgIpc) is 2.26. The third-order valence-corrected chi connectivity index (χ3v) is 3.33. The molecule has 0 saturated carbocycles. The van der Waals surface area contributed by atoms with E-state index in [9.17, 15) is 0 Å². The van der Waals surface area contributed by atoms with E-state index in [1.807, 2.05) is 0 Å². The van der Waals surface area contributed by atoms with Crippen molar-refractivity contribution in [2.75, 3.05) is 19.0 Å².